The molecule has 3 atom stereocenters. The van der Waals surface area contributed by atoms with Crippen molar-refractivity contribution in [1.82, 2.24) is 0 Å². The summed E-state index contributed by atoms with van der Waals surface area (Å²) in [6.45, 7) is 7.11. The summed E-state index contributed by atoms with van der Waals surface area (Å²) >= 11 is 0. The number of carbonyl (C=O) groups is 1. The van der Waals surface area contributed by atoms with Gasteiger partial charge in [-0.1, -0.05) is 26.8 Å². The molecule has 4 nitrogen and oxygen atoms in total. The third-order valence-electron chi connectivity index (χ3n) is 6.26. The summed E-state index contributed by atoms with van der Waals surface area (Å²) in [4.78, 5) is 12.3. The first-order valence-electron chi connectivity index (χ1n) is 7.78. The highest BCUT2D eigenvalue weighted by molar-refractivity contribution is 5.68. The van der Waals surface area contributed by atoms with E-state index in [9.17, 15) is 4.79 Å². The second-order valence-electron chi connectivity index (χ2n) is 7.34. The van der Waals surface area contributed by atoms with Gasteiger partial charge in [0.1, 0.15) is 6.10 Å². The van der Waals surface area contributed by atoms with Gasteiger partial charge in [-0.2, -0.15) is 0 Å². The Hall–Kier alpha value is -1.10. The standard InChI is InChI=1S/C17H24N2O2.BrH/c1-16(2)12-7-8-17(16,3)13(10-12)21-15(20)11-19-9-5-4-6-14(19)18;/h4-6,9,12-13,18H,7-8,10-11H2,1-3H3;1H. The molecule has 0 amide bonds. The van der Waals surface area contributed by atoms with Crippen LogP contribution in [0.3, 0.4) is 0 Å². The molecular weight excluding hydrogens is 344 g/mol. The highest BCUT2D eigenvalue weighted by atomic mass is 79.9. The van der Waals surface area contributed by atoms with Gasteiger partial charge in [-0.25, -0.2) is 9.36 Å². The number of halogens is 1. The topological polar surface area (TPSA) is 56.2 Å². The molecule has 0 radical (unpaired) electrons. The van der Waals surface area contributed by atoms with Crippen LogP contribution in [0.25, 0.3) is 0 Å². The van der Waals surface area contributed by atoms with Crippen molar-refractivity contribution >= 4 is 11.8 Å². The molecule has 2 aliphatic rings. The first kappa shape index (κ1) is 17.3. The molecule has 22 heavy (non-hydrogen) atoms. The molecule has 2 saturated carbocycles. The molecular formula is C17H25BrN2O2. The number of hydrogen-bond donors (Lipinski definition) is 1. The predicted octanol–water partition coefficient (Wildman–Crippen LogP) is -0.682. The maximum absolute atomic E-state index is 12.3. The Morgan fingerprint density at radius 1 is 1.41 bits per heavy atom. The van der Waals surface area contributed by atoms with Gasteiger partial charge in [0.25, 0.3) is 5.82 Å². The first-order chi connectivity index (χ1) is 9.84. The molecule has 5 heteroatoms. The quantitative estimate of drug-likeness (QED) is 0.568. The Kier molecular flexibility index (Phi) is 4.58. The van der Waals surface area contributed by atoms with E-state index in [0.717, 1.165) is 12.8 Å². The Balaban J connectivity index is 0.00000176. The Morgan fingerprint density at radius 3 is 2.68 bits per heavy atom. The molecule has 1 heterocycles. The fraction of sp³-hybridized carbons (Fsp3) is 0.647. The van der Waals surface area contributed by atoms with Crippen LogP contribution in [0.4, 0.5) is 5.82 Å². The van der Waals surface area contributed by atoms with Crippen molar-refractivity contribution in [2.75, 3.05) is 5.73 Å². The van der Waals surface area contributed by atoms with Crippen LogP contribution in [0.1, 0.15) is 40.0 Å². The number of pyridine rings is 1. The van der Waals surface area contributed by atoms with Gasteiger partial charge < -0.3 is 21.7 Å². The average Bonchev–Trinajstić information content (AvgIpc) is 2.74. The highest BCUT2D eigenvalue weighted by Gasteiger charge is 2.62. The van der Waals surface area contributed by atoms with Crippen LogP contribution in [-0.2, 0) is 16.1 Å². The largest absolute Gasteiger partial charge is 1.00 e. The summed E-state index contributed by atoms with van der Waals surface area (Å²) in [7, 11) is 0. The van der Waals surface area contributed by atoms with Crippen LogP contribution in [0.2, 0.25) is 0 Å². The summed E-state index contributed by atoms with van der Waals surface area (Å²) < 4.78 is 7.55. The monoisotopic (exact) mass is 368 g/mol. The van der Waals surface area contributed by atoms with Crippen molar-refractivity contribution in [3.63, 3.8) is 0 Å². The summed E-state index contributed by atoms with van der Waals surface area (Å²) in [5.74, 6) is 1.07. The van der Waals surface area contributed by atoms with Gasteiger partial charge in [-0.15, -0.1) is 0 Å². The Bertz CT molecular complexity index is 576. The second-order valence-corrected chi connectivity index (χ2v) is 7.34. The van der Waals surface area contributed by atoms with Gasteiger partial charge in [-0.3, -0.25) is 5.73 Å². The van der Waals surface area contributed by atoms with Crippen LogP contribution in [0.5, 0.6) is 0 Å². The number of rotatable bonds is 3. The average molecular weight is 369 g/mol. The molecule has 1 aromatic heterocycles. The molecule has 3 rings (SSSR count). The molecule has 0 spiro atoms. The van der Waals surface area contributed by atoms with Crippen molar-refractivity contribution in [2.24, 2.45) is 16.7 Å². The lowest BCUT2D eigenvalue weighted by molar-refractivity contribution is -0.671. The number of hydrogen-bond acceptors (Lipinski definition) is 3. The Morgan fingerprint density at radius 2 is 2.14 bits per heavy atom. The van der Waals surface area contributed by atoms with E-state index >= 15 is 0 Å². The van der Waals surface area contributed by atoms with E-state index in [-0.39, 0.29) is 46.4 Å². The molecule has 2 bridgehead atoms. The van der Waals surface area contributed by atoms with Gasteiger partial charge in [0.05, 0.1) is 6.20 Å². The molecule has 1 aromatic rings. The maximum Gasteiger partial charge on any atom is 0.348 e. The number of fused-ring (bicyclic) bond motifs is 2. The third kappa shape index (κ3) is 2.53. The lowest BCUT2D eigenvalue weighted by Crippen LogP contribution is -3.00. The molecule has 2 aliphatic carbocycles. The number of nitrogens with zero attached hydrogens (tertiary/aromatic N) is 1. The van der Waals surface area contributed by atoms with Gasteiger partial charge in [-0.05, 0) is 36.7 Å². The van der Waals surface area contributed by atoms with Crippen LogP contribution in [0, 0.1) is 16.7 Å². The zero-order valence-electron chi connectivity index (χ0n) is 13.5. The van der Waals surface area contributed by atoms with Crippen molar-refractivity contribution < 1.29 is 31.1 Å². The number of aromatic nitrogens is 1. The van der Waals surface area contributed by atoms with Gasteiger partial charge in [0.2, 0.25) is 0 Å². The normalized spacial score (nSPS) is 31.6. The summed E-state index contributed by atoms with van der Waals surface area (Å²) in [5, 5.41) is 0. The third-order valence-corrected chi connectivity index (χ3v) is 6.26. The smallest absolute Gasteiger partial charge is 0.348 e. The molecule has 122 valence electrons. The van der Waals surface area contributed by atoms with E-state index in [2.05, 4.69) is 20.8 Å². The number of nitrogen functional groups attached to an aromatic ring is 1. The number of nitrogens with two attached hydrogens (primary N) is 1. The van der Waals surface area contributed by atoms with E-state index in [0.29, 0.717) is 11.7 Å². The zero-order chi connectivity index (χ0) is 15.3. The van der Waals surface area contributed by atoms with Crippen molar-refractivity contribution in [1.29, 1.82) is 0 Å². The number of ether oxygens (including phenoxy) is 1. The molecule has 3 unspecified atom stereocenters. The SMILES string of the molecule is CC1(C)C2CCC1(C)C(OC(=O)C[n+]1ccccc1N)C2.[Br-]. The van der Waals surface area contributed by atoms with Crippen LogP contribution in [0.15, 0.2) is 24.4 Å². The maximum atomic E-state index is 12.3. The fourth-order valence-electron chi connectivity index (χ4n) is 4.28. The minimum atomic E-state index is -0.188. The minimum absolute atomic E-state index is 0. The van der Waals surface area contributed by atoms with Crippen LogP contribution < -0.4 is 27.3 Å². The first-order valence-corrected chi connectivity index (χ1v) is 7.78. The van der Waals surface area contributed by atoms with Gasteiger partial charge in [0.15, 0.2) is 6.54 Å². The van der Waals surface area contributed by atoms with E-state index in [4.69, 9.17) is 10.5 Å². The summed E-state index contributed by atoms with van der Waals surface area (Å²) in [6.07, 6.45) is 5.28. The highest BCUT2D eigenvalue weighted by Crippen LogP contribution is 2.66. The molecule has 0 aromatic carbocycles. The Labute approximate surface area is 142 Å². The minimum Gasteiger partial charge on any atom is -1.00 e. The van der Waals surface area contributed by atoms with E-state index in [1.165, 1.54) is 6.42 Å². The lowest BCUT2D eigenvalue weighted by atomic mass is 9.70. The second kappa shape index (κ2) is 5.84. The lowest BCUT2D eigenvalue weighted by Gasteiger charge is -2.38. The van der Waals surface area contributed by atoms with Gasteiger partial charge in [0, 0.05) is 11.5 Å². The summed E-state index contributed by atoms with van der Waals surface area (Å²) in [5.41, 5.74) is 6.23. The fourth-order valence-corrected chi connectivity index (χ4v) is 4.28. The molecule has 0 saturated heterocycles. The molecule has 2 N–H and O–H groups in total. The van der Waals surface area contributed by atoms with Crippen LogP contribution in [-0.4, -0.2) is 12.1 Å². The van der Waals surface area contributed by atoms with E-state index < -0.39 is 0 Å². The summed E-state index contributed by atoms with van der Waals surface area (Å²) in [6, 6.07) is 5.51. The van der Waals surface area contributed by atoms with Crippen LogP contribution >= 0.6 is 0 Å². The van der Waals surface area contributed by atoms with Crippen molar-refractivity contribution in [2.45, 2.75) is 52.7 Å². The number of carbonyl (C=O) groups excluding carboxylic acids is 1. The van der Waals surface area contributed by atoms with E-state index in [1.807, 2.05) is 18.3 Å². The van der Waals surface area contributed by atoms with E-state index in [1.54, 1.807) is 10.6 Å². The van der Waals surface area contributed by atoms with Crippen molar-refractivity contribution in [3.05, 3.63) is 24.4 Å². The number of anilines is 1. The molecule has 0 aliphatic heterocycles. The predicted molar refractivity (Wildman–Crippen MR) is 80.2 cm³/mol. The zero-order valence-corrected chi connectivity index (χ0v) is 15.1. The molecule has 2 fully saturated rings. The van der Waals surface area contributed by atoms with Crippen molar-refractivity contribution in [3.8, 4) is 0 Å². The van der Waals surface area contributed by atoms with Gasteiger partial charge >= 0.3 is 5.97 Å². The number of esters is 1.